The molecule has 1 radical (unpaired) electrons. The first-order valence-electron chi connectivity index (χ1n) is 11.0. The summed E-state index contributed by atoms with van der Waals surface area (Å²) in [6.07, 6.45) is 2.01. The smallest absolute Gasteiger partial charge is 0.331 e. The number of H-pyrrole nitrogens is 1. The molecule has 4 rings (SSSR count). The van der Waals surface area contributed by atoms with Crippen LogP contribution in [0.2, 0.25) is 6.32 Å². The molecule has 2 N–H and O–H groups in total. The molecule has 5 atom stereocenters. The van der Waals surface area contributed by atoms with Gasteiger partial charge in [-0.15, -0.1) is 11.8 Å². The Hall–Kier alpha value is -1.43. The van der Waals surface area contributed by atoms with Crippen LogP contribution in [-0.4, -0.2) is 77.7 Å². The third-order valence-electron chi connectivity index (χ3n) is 5.72. The van der Waals surface area contributed by atoms with E-state index < -0.39 is 11.8 Å². The van der Waals surface area contributed by atoms with Crippen molar-refractivity contribution in [3.05, 3.63) is 5.69 Å². The fraction of sp³-hybridized carbons (Fsp3) is 0.800. The summed E-state index contributed by atoms with van der Waals surface area (Å²) in [4.78, 5) is 16.4. The Morgan fingerprint density at radius 1 is 1.35 bits per heavy atom. The Kier molecular flexibility index (Phi) is 6.76. The van der Waals surface area contributed by atoms with E-state index in [0.717, 1.165) is 35.6 Å². The third-order valence-corrected chi connectivity index (χ3v) is 6.90. The zero-order valence-corrected chi connectivity index (χ0v) is 19.7. The molecule has 0 amide bonds. The van der Waals surface area contributed by atoms with E-state index in [0.29, 0.717) is 6.42 Å². The lowest BCUT2D eigenvalue weighted by atomic mass is 9.68. The van der Waals surface area contributed by atoms with Crippen LogP contribution in [-0.2, 0) is 23.7 Å². The van der Waals surface area contributed by atoms with E-state index in [2.05, 4.69) is 36.2 Å². The van der Waals surface area contributed by atoms with Gasteiger partial charge in [-0.25, -0.2) is 4.79 Å². The molecule has 1 aromatic heterocycles. The molecule has 2 aliphatic heterocycles. The number of ether oxygens (including phenoxy) is 4. The van der Waals surface area contributed by atoms with Crippen molar-refractivity contribution in [1.82, 2.24) is 9.78 Å². The predicted octanol–water partition coefficient (Wildman–Crippen LogP) is 2.58. The fourth-order valence-electron chi connectivity index (χ4n) is 4.42. The Labute approximate surface area is 188 Å². The van der Waals surface area contributed by atoms with Gasteiger partial charge >= 0.3 is 5.97 Å². The molecule has 171 valence electrons. The first-order valence-corrected chi connectivity index (χ1v) is 12.1. The molecule has 5 unspecified atom stereocenters. The number of carbonyl (C=O) groups is 1. The Balaban J connectivity index is 1.55. The van der Waals surface area contributed by atoms with Gasteiger partial charge in [0.25, 0.3) is 0 Å². The van der Waals surface area contributed by atoms with E-state index in [4.69, 9.17) is 23.9 Å². The van der Waals surface area contributed by atoms with Crippen molar-refractivity contribution < 1.29 is 23.7 Å². The number of hydrogen-bond donors (Lipinski definition) is 2. The Morgan fingerprint density at radius 3 is 2.84 bits per heavy atom. The molecular formula is C20H32BN4O5S. The van der Waals surface area contributed by atoms with Crippen LogP contribution in [0.15, 0.2) is 4.99 Å². The molecule has 0 bridgehead atoms. The molecular weight excluding hydrogens is 419 g/mol. The number of nitrogens with zero attached hydrogens (tertiary/aromatic N) is 2. The average molecular weight is 451 g/mol. The highest BCUT2D eigenvalue weighted by atomic mass is 32.2. The second kappa shape index (κ2) is 9.21. The minimum Gasteiger partial charge on any atom is -0.467 e. The topological polar surface area (TPSA) is 99.1 Å². The number of methoxy groups -OCH3 is 1. The molecule has 1 aliphatic carbocycles. The minimum absolute atomic E-state index is 0.00141. The van der Waals surface area contributed by atoms with Gasteiger partial charge in [0.2, 0.25) is 0 Å². The van der Waals surface area contributed by atoms with Crippen LogP contribution in [0.5, 0.6) is 0 Å². The molecule has 31 heavy (non-hydrogen) atoms. The summed E-state index contributed by atoms with van der Waals surface area (Å²) in [6.45, 7) is 8.01. The summed E-state index contributed by atoms with van der Waals surface area (Å²) in [5, 5.41) is 7.03. The minimum atomic E-state index is -0.703. The monoisotopic (exact) mass is 451 g/mol. The summed E-state index contributed by atoms with van der Waals surface area (Å²) in [5.74, 6) is 0.977. The Morgan fingerprint density at radius 2 is 2.13 bits per heavy atom. The maximum Gasteiger partial charge on any atom is 0.331 e. The van der Waals surface area contributed by atoms with Crippen LogP contribution in [0.3, 0.4) is 0 Å². The van der Waals surface area contributed by atoms with Crippen molar-refractivity contribution in [3.8, 4) is 0 Å². The van der Waals surface area contributed by atoms with Gasteiger partial charge in [-0.3, -0.25) is 14.8 Å². The molecule has 11 heteroatoms. The molecule has 1 saturated heterocycles. The largest absolute Gasteiger partial charge is 0.467 e. The molecule has 3 heterocycles. The number of carbonyl (C=O) groups excluding carboxylic acids is 1. The molecule has 3 aliphatic rings. The Bertz CT molecular complexity index is 825. The normalized spacial score (nSPS) is 31.0. The molecule has 2 fully saturated rings. The molecule has 0 aromatic carbocycles. The average Bonchev–Trinajstić information content (AvgIpc) is 3.20. The van der Waals surface area contributed by atoms with Crippen LogP contribution < -0.4 is 5.32 Å². The lowest BCUT2D eigenvalue weighted by Gasteiger charge is -2.36. The quantitative estimate of drug-likeness (QED) is 0.440. The highest BCUT2D eigenvalue weighted by Crippen LogP contribution is 2.47. The van der Waals surface area contributed by atoms with E-state index in [-0.39, 0.29) is 36.5 Å². The fourth-order valence-corrected chi connectivity index (χ4v) is 5.26. The van der Waals surface area contributed by atoms with Gasteiger partial charge in [-0.05, 0) is 26.0 Å². The van der Waals surface area contributed by atoms with E-state index in [1.165, 1.54) is 7.11 Å². The van der Waals surface area contributed by atoms with Gasteiger partial charge in [0.15, 0.2) is 18.6 Å². The van der Waals surface area contributed by atoms with Crippen LogP contribution >= 0.6 is 11.8 Å². The van der Waals surface area contributed by atoms with E-state index in [1.807, 2.05) is 13.8 Å². The third kappa shape index (κ3) is 4.55. The number of esters is 1. The van der Waals surface area contributed by atoms with Crippen molar-refractivity contribution in [2.24, 2.45) is 4.99 Å². The van der Waals surface area contributed by atoms with Gasteiger partial charge in [0, 0.05) is 12.0 Å². The first-order chi connectivity index (χ1) is 14.9. The van der Waals surface area contributed by atoms with Crippen molar-refractivity contribution in [1.29, 1.82) is 0 Å². The van der Waals surface area contributed by atoms with Gasteiger partial charge < -0.3 is 24.3 Å². The number of thioether (sulfide) groups is 1. The number of nitrogens with one attached hydrogen (secondary N) is 2. The summed E-state index contributed by atoms with van der Waals surface area (Å²) in [7, 11) is 3.51. The van der Waals surface area contributed by atoms with E-state index in [9.17, 15) is 4.79 Å². The lowest BCUT2D eigenvalue weighted by molar-refractivity contribution is -0.174. The number of fused-ring (bicyclic) bond motifs is 2. The maximum absolute atomic E-state index is 11.6. The highest BCUT2D eigenvalue weighted by Gasteiger charge is 2.56. The van der Waals surface area contributed by atoms with Crippen molar-refractivity contribution >= 4 is 36.4 Å². The standard InChI is InChI=1S/C20H32BN4O5S/c1-6-8-31-19-22-17(21-7-2)14-18(23-19)25(24-14)11-9-12(28-10-13(26)27-5)16-15(11)29-20(3,4)30-16/h11-12,15-16,19,23-24H,6-10H2,1-5H3. The summed E-state index contributed by atoms with van der Waals surface area (Å²) in [5.41, 5.74) is 2.00. The number of rotatable bonds is 9. The number of anilines is 1. The lowest BCUT2D eigenvalue weighted by Crippen LogP contribution is -2.39. The second-order valence-electron chi connectivity index (χ2n) is 8.49. The van der Waals surface area contributed by atoms with Crippen molar-refractivity contribution in [2.75, 3.05) is 24.8 Å². The van der Waals surface area contributed by atoms with Gasteiger partial charge in [0.1, 0.15) is 30.3 Å². The number of hydrogen-bond acceptors (Lipinski definition) is 8. The predicted molar refractivity (Wildman–Crippen MR) is 121 cm³/mol. The zero-order valence-electron chi connectivity index (χ0n) is 18.8. The molecule has 1 saturated carbocycles. The van der Waals surface area contributed by atoms with Gasteiger partial charge in [-0.1, -0.05) is 20.2 Å². The second-order valence-corrected chi connectivity index (χ2v) is 9.68. The zero-order chi connectivity index (χ0) is 22.2. The number of aromatic nitrogens is 2. The van der Waals surface area contributed by atoms with Crippen LogP contribution in [0.4, 0.5) is 5.82 Å². The van der Waals surface area contributed by atoms with Crippen LogP contribution in [0.1, 0.15) is 52.3 Å². The van der Waals surface area contributed by atoms with Crippen molar-refractivity contribution in [2.45, 2.75) is 82.5 Å². The summed E-state index contributed by atoms with van der Waals surface area (Å²) in [6, 6.07) is -0.00141. The van der Waals surface area contributed by atoms with E-state index >= 15 is 0 Å². The molecule has 0 spiro atoms. The molecule has 1 aromatic rings. The maximum atomic E-state index is 11.6. The van der Waals surface area contributed by atoms with Crippen LogP contribution in [0.25, 0.3) is 0 Å². The van der Waals surface area contributed by atoms with Gasteiger partial charge in [0.05, 0.1) is 19.3 Å². The van der Waals surface area contributed by atoms with Crippen LogP contribution in [0, 0.1) is 0 Å². The first kappa shape index (κ1) is 22.8. The molecule has 9 nitrogen and oxygen atoms in total. The highest BCUT2D eigenvalue weighted by molar-refractivity contribution is 8.00. The summed E-state index contributed by atoms with van der Waals surface area (Å²) >= 11 is 1.81. The number of aliphatic imine (C=N–C) groups is 1. The van der Waals surface area contributed by atoms with Gasteiger partial charge in [-0.2, -0.15) is 0 Å². The number of aromatic amines is 1. The van der Waals surface area contributed by atoms with Crippen molar-refractivity contribution in [3.63, 3.8) is 0 Å². The SMILES string of the molecule is CC[B]C1=NC(SCCC)Nc2c1[nH]n2C1CC(OCC(=O)OC)C2OC(C)(C)OC21. The van der Waals surface area contributed by atoms with E-state index in [1.54, 1.807) is 11.8 Å². The summed E-state index contributed by atoms with van der Waals surface area (Å²) < 4.78 is 25.1.